The fourth-order valence-corrected chi connectivity index (χ4v) is 2.58. The summed E-state index contributed by atoms with van der Waals surface area (Å²) in [5.74, 6) is 0.515. The highest BCUT2D eigenvalue weighted by molar-refractivity contribution is 5.84. The van der Waals surface area contributed by atoms with Gasteiger partial charge in [-0.3, -0.25) is 9.78 Å². The Kier molecular flexibility index (Phi) is 4.75. The van der Waals surface area contributed by atoms with Crippen LogP contribution >= 0.6 is 0 Å². The van der Waals surface area contributed by atoms with Crippen LogP contribution in [0.5, 0.6) is 5.75 Å². The summed E-state index contributed by atoms with van der Waals surface area (Å²) in [5.41, 5.74) is 3.75. The minimum Gasteiger partial charge on any atom is -0.489 e. The minimum absolute atomic E-state index is 0.180. The van der Waals surface area contributed by atoms with Gasteiger partial charge in [0.05, 0.1) is 24.7 Å². The average Bonchev–Trinajstić information content (AvgIpc) is 2.61. The van der Waals surface area contributed by atoms with Crippen LogP contribution < -0.4 is 4.74 Å². The van der Waals surface area contributed by atoms with Crippen LogP contribution in [0.15, 0.2) is 54.6 Å². The molecule has 0 fully saturated rings. The van der Waals surface area contributed by atoms with Gasteiger partial charge >= 0.3 is 5.97 Å². The highest BCUT2D eigenvalue weighted by atomic mass is 16.5. The predicted molar refractivity (Wildman–Crippen MR) is 93.0 cm³/mol. The Bertz CT molecular complexity index is 859. The molecule has 0 unspecified atom stereocenters. The van der Waals surface area contributed by atoms with Gasteiger partial charge in [-0.05, 0) is 42.3 Å². The molecule has 0 saturated carbocycles. The molecule has 24 heavy (non-hydrogen) atoms. The summed E-state index contributed by atoms with van der Waals surface area (Å²) in [4.78, 5) is 15.9. The summed E-state index contributed by atoms with van der Waals surface area (Å²) in [6.45, 7) is 2.53. The van der Waals surface area contributed by atoms with Crippen molar-refractivity contribution in [3.05, 3.63) is 71.4 Å². The Morgan fingerprint density at radius 1 is 1.08 bits per heavy atom. The van der Waals surface area contributed by atoms with E-state index < -0.39 is 0 Å². The van der Waals surface area contributed by atoms with E-state index in [4.69, 9.17) is 9.47 Å². The second-order valence-electron chi connectivity index (χ2n) is 5.64. The first kappa shape index (κ1) is 16.0. The topological polar surface area (TPSA) is 48.4 Å². The van der Waals surface area contributed by atoms with Crippen molar-refractivity contribution in [3.63, 3.8) is 0 Å². The maximum atomic E-state index is 11.4. The zero-order valence-electron chi connectivity index (χ0n) is 13.8. The van der Waals surface area contributed by atoms with E-state index in [0.717, 1.165) is 27.8 Å². The van der Waals surface area contributed by atoms with Crippen molar-refractivity contribution in [1.82, 2.24) is 4.98 Å². The van der Waals surface area contributed by atoms with E-state index in [0.29, 0.717) is 12.3 Å². The number of fused-ring (bicyclic) bond motifs is 1. The lowest BCUT2D eigenvalue weighted by molar-refractivity contribution is -0.139. The second-order valence-corrected chi connectivity index (χ2v) is 5.64. The second kappa shape index (κ2) is 7.13. The van der Waals surface area contributed by atoms with E-state index in [9.17, 15) is 4.79 Å². The molecule has 4 heteroatoms. The van der Waals surface area contributed by atoms with Crippen molar-refractivity contribution in [1.29, 1.82) is 0 Å². The zero-order chi connectivity index (χ0) is 16.9. The molecule has 3 aromatic rings. The minimum atomic E-state index is -0.288. The smallest absolute Gasteiger partial charge is 0.311 e. The van der Waals surface area contributed by atoms with Gasteiger partial charge in [0.1, 0.15) is 12.4 Å². The van der Waals surface area contributed by atoms with Crippen LogP contribution in [-0.2, 0) is 22.6 Å². The monoisotopic (exact) mass is 321 g/mol. The molecule has 0 saturated heterocycles. The number of esters is 1. The number of aryl methyl sites for hydroxylation is 1. The van der Waals surface area contributed by atoms with Crippen LogP contribution in [0.25, 0.3) is 10.9 Å². The van der Waals surface area contributed by atoms with Crippen molar-refractivity contribution in [2.45, 2.75) is 20.0 Å². The van der Waals surface area contributed by atoms with Crippen LogP contribution in [0.3, 0.4) is 0 Å². The summed E-state index contributed by atoms with van der Waals surface area (Å²) in [7, 11) is 1.38. The van der Waals surface area contributed by atoms with E-state index in [2.05, 4.69) is 4.98 Å². The average molecular weight is 321 g/mol. The SMILES string of the molecule is COC(=O)Cc1cc(C)c2cc(OCc3ccccc3)ccc2n1. The van der Waals surface area contributed by atoms with Gasteiger partial charge in [0.25, 0.3) is 0 Å². The molecule has 0 N–H and O–H groups in total. The molecule has 0 bridgehead atoms. The van der Waals surface area contributed by atoms with Crippen molar-refractivity contribution >= 4 is 16.9 Å². The first-order valence-corrected chi connectivity index (χ1v) is 7.79. The maximum Gasteiger partial charge on any atom is 0.311 e. The van der Waals surface area contributed by atoms with E-state index in [-0.39, 0.29) is 12.4 Å². The first-order valence-electron chi connectivity index (χ1n) is 7.79. The van der Waals surface area contributed by atoms with Crippen LogP contribution in [-0.4, -0.2) is 18.1 Å². The van der Waals surface area contributed by atoms with Crippen molar-refractivity contribution in [3.8, 4) is 5.75 Å². The lowest BCUT2D eigenvalue weighted by atomic mass is 10.1. The number of pyridine rings is 1. The summed E-state index contributed by atoms with van der Waals surface area (Å²) in [6, 6.07) is 17.8. The number of hydrogen-bond acceptors (Lipinski definition) is 4. The first-order chi connectivity index (χ1) is 11.7. The molecule has 3 rings (SSSR count). The van der Waals surface area contributed by atoms with Gasteiger partial charge in [0, 0.05) is 5.39 Å². The number of aromatic nitrogens is 1. The van der Waals surface area contributed by atoms with Gasteiger partial charge in [-0.1, -0.05) is 30.3 Å². The van der Waals surface area contributed by atoms with Crippen molar-refractivity contribution in [2.75, 3.05) is 7.11 Å². The molecule has 0 spiro atoms. The van der Waals surface area contributed by atoms with Crippen LogP contribution in [0.2, 0.25) is 0 Å². The molecule has 0 radical (unpaired) electrons. The third-order valence-electron chi connectivity index (χ3n) is 3.84. The molecule has 0 amide bonds. The Hall–Kier alpha value is -2.88. The molecular weight excluding hydrogens is 302 g/mol. The Morgan fingerprint density at radius 3 is 2.62 bits per heavy atom. The van der Waals surface area contributed by atoms with Crippen LogP contribution in [0, 0.1) is 6.92 Å². The summed E-state index contributed by atoms with van der Waals surface area (Å²) in [6.07, 6.45) is 0.180. The van der Waals surface area contributed by atoms with E-state index >= 15 is 0 Å². The molecule has 1 heterocycles. The van der Waals surface area contributed by atoms with Gasteiger partial charge in [0.2, 0.25) is 0 Å². The fraction of sp³-hybridized carbons (Fsp3) is 0.200. The van der Waals surface area contributed by atoms with E-state index in [1.54, 1.807) is 0 Å². The molecule has 0 aliphatic heterocycles. The van der Waals surface area contributed by atoms with Gasteiger partial charge in [-0.25, -0.2) is 0 Å². The summed E-state index contributed by atoms with van der Waals surface area (Å²) >= 11 is 0. The van der Waals surface area contributed by atoms with Crippen LogP contribution in [0.1, 0.15) is 16.8 Å². The number of carbonyl (C=O) groups is 1. The Labute approximate surface area is 141 Å². The van der Waals surface area contributed by atoms with Gasteiger partial charge < -0.3 is 9.47 Å². The lowest BCUT2D eigenvalue weighted by Gasteiger charge is -2.10. The quantitative estimate of drug-likeness (QED) is 0.670. The third kappa shape index (κ3) is 3.71. The van der Waals surface area contributed by atoms with Gasteiger partial charge in [0.15, 0.2) is 0 Å². The number of rotatable bonds is 5. The normalized spacial score (nSPS) is 10.6. The molecule has 4 nitrogen and oxygen atoms in total. The molecule has 1 aromatic heterocycles. The molecule has 2 aromatic carbocycles. The van der Waals surface area contributed by atoms with Gasteiger partial charge in [-0.2, -0.15) is 0 Å². The molecule has 122 valence electrons. The number of carbonyl (C=O) groups excluding carboxylic acids is 1. The fourth-order valence-electron chi connectivity index (χ4n) is 2.58. The molecule has 0 aliphatic carbocycles. The van der Waals surface area contributed by atoms with Crippen molar-refractivity contribution in [2.24, 2.45) is 0 Å². The van der Waals surface area contributed by atoms with Crippen molar-refractivity contribution < 1.29 is 14.3 Å². The van der Waals surface area contributed by atoms with E-state index in [1.807, 2.05) is 61.5 Å². The number of hydrogen-bond donors (Lipinski definition) is 0. The van der Waals surface area contributed by atoms with Crippen LogP contribution in [0.4, 0.5) is 0 Å². The standard InChI is InChI=1S/C20H19NO3/c1-14-10-16(11-20(22)23-2)21-19-9-8-17(12-18(14)19)24-13-15-6-4-3-5-7-15/h3-10,12H,11,13H2,1-2H3. The molecular formula is C20H19NO3. The number of nitrogens with zero attached hydrogens (tertiary/aromatic N) is 1. The Balaban J connectivity index is 1.81. The van der Waals surface area contributed by atoms with Gasteiger partial charge in [-0.15, -0.1) is 0 Å². The number of benzene rings is 2. The number of ether oxygens (including phenoxy) is 2. The lowest BCUT2D eigenvalue weighted by Crippen LogP contribution is -2.06. The Morgan fingerprint density at radius 2 is 1.88 bits per heavy atom. The maximum absolute atomic E-state index is 11.4. The molecule has 0 aliphatic rings. The number of methoxy groups -OCH3 is 1. The summed E-state index contributed by atoms with van der Waals surface area (Å²) < 4.78 is 10.6. The third-order valence-corrected chi connectivity index (χ3v) is 3.84. The molecule has 0 atom stereocenters. The summed E-state index contributed by atoms with van der Waals surface area (Å²) in [5, 5.41) is 1.02. The largest absolute Gasteiger partial charge is 0.489 e. The highest BCUT2D eigenvalue weighted by Gasteiger charge is 2.09. The highest BCUT2D eigenvalue weighted by Crippen LogP contribution is 2.24. The van der Waals surface area contributed by atoms with E-state index in [1.165, 1.54) is 7.11 Å². The predicted octanol–water partition coefficient (Wildman–Crippen LogP) is 3.84. The zero-order valence-corrected chi connectivity index (χ0v) is 13.8.